The summed E-state index contributed by atoms with van der Waals surface area (Å²) in [5, 5.41) is 8.71. The molecule has 0 radical (unpaired) electrons. The first-order valence-electron chi connectivity index (χ1n) is 3.76. The highest BCUT2D eigenvalue weighted by atomic mass is 35.5. The van der Waals surface area contributed by atoms with Gasteiger partial charge < -0.3 is 10.8 Å². The highest BCUT2D eigenvalue weighted by Gasteiger charge is 2.22. The van der Waals surface area contributed by atoms with Crippen LogP contribution in [-0.4, -0.2) is 11.1 Å². The van der Waals surface area contributed by atoms with E-state index in [0.717, 1.165) is 4.88 Å². The Morgan fingerprint density at radius 3 is 2.69 bits per heavy atom. The molecule has 13 heavy (non-hydrogen) atoms. The molecule has 2 atom stereocenters. The molecule has 0 spiro atoms. The van der Waals surface area contributed by atoms with Gasteiger partial charge in [-0.1, -0.05) is 18.5 Å². The molecule has 0 fully saturated rings. The van der Waals surface area contributed by atoms with E-state index in [9.17, 15) is 4.79 Å². The number of aliphatic carboxylic acids is 1. The molecule has 1 rings (SSSR count). The molecule has 0 aliphatic heterocycles. The summed E-state index contributed by atoms with van der Waals surface area (Å²) in [5.74, 6) is -1.48. The van der Waals surface area contributed by atoms with Crippen LogP contribution >= 0.6 is 22.9 Å². The second-order valence-corrected chi connectivity index (χ2v) is 4.54. The Labute approximate surface area is 85.1 Å². The van der Waals surface area contributed by atoms with Crippen molar-refractivity contribution in [3.8, 4) is 0 Å². The Hall–Kier alpha value is -0.580. The Bertz CT molecular complexity index is 313. The summed E-state index contributed by atoms with van der Waals surface area (Å²) in [6, 6.07) is 3.00. The van der Waals surface area contributed by atoms with E-state index in [1.54, 1.807) is 19.1 Å². The fraction of sp³-hybridized carbons (Fsp3) is 0.375. The van der Waals surface area contributed by atoms with Gasteiger partial charge >= 0.3 is 5.97 Å². The van der Waals surface area contributed by atoms with Crippen LogP contribution in [0.4, 0.5) is 0 Å². The molecule has 3 N–H and O–H groups in total. The predicted octanol–water partition coefficient (Wildman–Crippen LogP) is 2.12. The number of hydrogen-bond acceptors (Lipinski definition) is 3. The van der Waals surface area contributed by atoms with Crippen molar-refractivity contribution < 1.29 is 9.90 Å². The van der Waals surface area contributed by atoms with Crippen molar-refractivity contribution in [1.29, 1.82) is 0 Å². The first-order valence-corrected chi connectivity index (χ1v) is 4.95. The van der Waals surface area contributed by atoms with Crippen molar-refractivity contribution in [2.24, 2.45) is 11.7 Å². The Morgan fingerprint density at radius 2 is 2.31 bits per heavy atom. The number of halogens is 1. The number of thiophene rings is 1. The van der Waals surface area contributed by atoms with Crippen molar-refractivity contribution in [1.82, 2.24) is 0 Å². The third-order valence-corrected chi connectivity index (χ3v) is 3.18. The summed E-state index contributed by atoms with van der Waals surface area (Å²) in [6.45, 7) is 1.58. The van der Waals surface area contributed by atoms with Crippen molar-refractivity contribution in [3.63, 3.8) is 0 Å². The zero-order valence-electron chi connectivity index (χ0n) is 7.03. The van der Waals surface area contributed by atoms with Gasteiger partial charge in [-0.15, -0.1) is 11.3 Å². The second-order valence-electron chi connectivity index (χ2n) is 2.79. The third kappa shape index (κ3) is 2.43. The monoisotopic (exact) mass is 219 g/mol. The van der Waals surface area contributed by atoms with Crippen molar-refractivity contribution in [3.05, 3.63) is 21.3 Å². The number of carbonyl (C=O) groups is 1. The fourth-order valence-electron chi connectivity index (χ4n) is 0.907. The molecule has 0 aliphatic rings. The molecule has 0 saturated heterocycles. The molecule has 2 unspecified atom stereocenters. The summed E-state index contributed by atoms with van der Waals surface area (Å²) in [7, 11) is 0. The molecular formula is C8H10ClNO2S. The zero-order valence-corrected chi connectivity index (χ0v) is 8.60. The fourth-order valence-corrected chi connectivity index (χ4v) is 2.08. The lowest BCUT2D eigenvalue weighted by molar-refractivity contribution is -0.141. The van der Waals surface area contributed by atoms with Crippen molar-refractivity contribution in [2.45, 2.75) is 13.0 Å². The average Bonchev–Trinajstić information content (AvgIpc) is 2.49. The second kappa shape index (κ2) is 4.09. The van der Waals surface area contributed by atoms with Crippen LogP contribution < -0.4 is 5.73 Å². The Balaban J connectivity index is 2.78. The van der Waals surface area contributed by atoms with Gasteiger partial charge in [0.25, 0.3) is 0 Å². The maximum atomic E-state index is 10.6. The highest BCUT2D eigenvalue weighted by Crippen LogP contribution is 2.29. The number of nitrogens with two attached hydrogens (primary N) is 1. The van der Waals surface area contributed by atoms with Crippen molar-refractivity contribution >= 4 is 28.9 Å². The number of carboxylic acids is 1. The van der Waals surface area contributed by atoms with E-state index in [1.807, 2.05) is 0 Å². The quantitative estimate of drug-likeness (QED) is 0.819. The summed E-state index contributed by atoms with van der Waals surface area (Å²) in [5.41, 5.74) is 5.72. The molecule has 5 heteroatoms. The molecule has 0 saturated carbocycles. The summed E-state index contributed by atoms with van der Waals surface area (Å²) in [6.07, 6.45) is 0. The lowest BCUT2D eigenvalue weighted by atomic mass is 10.0. The van der Waals surface area contributed by atoms with E-state index in [0.29, 0.717) is 4.34 Å². The van der Waals surface area contributed by atoms with E-state index < -0.39 is 17.9 Å². The molecular weight excluding hydrogens is 210 g/mol. The van der Waals surface area contributed by atoms with E-state index in [2.05, 4.69) is 0 Å². The normalized spacial score (nSPS) is 15.3. The van der Waals surface area contributed by atoms with E-state index in [4.69, 9.17) is 22.4 Å². The maximum absolute atomic E-state index is 10.6. The predicted molar refractivity (Wildman–Crippen MR) is 53.1 cm³/mol. The molecule has 0 bridgehead atoms. The molecule has 0 aromatic carbocycles. The smallest absolute Gasteiger partial charge is 0.308 e. The lowest BCUT2D eigenvalue weighted by Crippen LogP contribution is -2.24. The number of rotatable bonds is 3. The molecule has 72 valence electrons. The van der Waals surface area contributed by atoms with E-state index >= 15 is 0 Å². The van der Waals surface area contributed by atoms with Crippen LogP contribution in [0, 0.1) is 5.92 Å². The molecule has 0 aliphatic carbocycles. The van der Waals surface area contributed by atoms with Crippen LogP contribution in [0.25, 0.3) is 0 Å². The lowest BCUT2D eigenvalue weighted by Gasteiger charge is -2.13. The molecule has 3 nitrogen and oxygen atoms in total. The van der Waals surface area contributed by atoms with Crippen LogP contribution in [-0.2, 0) is 4.79 Å². The summed E-state index contributed by atoms with van der Waals surface area (Å²) >= 11 is 7.02. The zero-order chi connectivity index (χ0) is 10.0. The molecule has 1 aromatic rings. The molecule has 1 aromatic heterocycles. The van der Waals surface area contributed by atoms with Crippen LogP contribution in [0.5, 0.6) is 0 Å². The van der Waals surface area contributed by atoms with E-state index in [-0.39, 0.29) is 0 Å². The minimum absolute atomic E-state index is 0.477. The maximum Gasteiger partial charge on any atom is 0.308 e. The van der Waals surface area contributed by atoms with Crippen LogP contribution in [0.3, 0.4) is 0 Å². The van der Waals surface area contributed by atoms with Gasteiger partial charge in [-0.3, -0.25) is 4.79 Å². The Morgan fingerprint density at radius 1 is 1.69 bits per heavy atom. The minimum Gasteiger partial charge on any atom is -0.481 e. The van der Waals surface area contributed by atoms with Crippen LogP contribution in [0.1, 0.15) is 17.8 Å². The topological polar surface area (TPSA) is 63.3 Å². The third-order valence-electron chi connectivity index (χ3n) is 1.85. The summed E-state index contributed by atoms with van der Waals surface area (Å²) < 4.78 is 0.628. The molecule has 1 heterocycles. The van der Waals surface area contributed by atoms with Gasteiger partial charge in [0, 0.05) is 4.88 Å². The minimum atomic E-state index is -0.892. The first kappa shape index (κ1) is 10.5. The van der Waals surface area contributed by atoms with Gasteiger partial charge in [-0.2, -0.15) is 0 Å². The van der Waals surface area contributed by atoms with Gasteiger partial charge in [0.1, 0.15) is 0 Å². The molecule has 0 amide bonds. The Kier molecular flexibility index (Phi) is 3.30. The van der Waals surface area contributed by atoms with Gasteiger partial charge in [0.05, 0.1) is 16.3 Å². The van der Waals surface area contributed by atoms with Gasteiger partial charge in [-0.25, -0.2) is 0 Å². The van der Waals surface area contributed by atoms with Gasteiger partial charge in [0.2, 0.25) is 0 Å². The van der Waals surface area contributed by atoms with Crippen LogP contribution in [0.15, 0.2) is 12.1 Å². The van der Waals surface area contributed by atoms with E-state index in [1.165, 1.54) is 11.3 Å². The summed E-state index contributed by atoms with van der Waals surface area (Å²) in [4.78, 5) is 11.4. The van der Waals surface area contributed by atoms with Gasteiger partial charge in [-0.05, 0) is 12.1 Å². The van der Waals surface area contributed by atoms with Gasteiger partial charge in [0.15, 0.2) is 0 Å². The number of carboxylic acid groups (broad SMARTS) is 1. The largest absolute Gasteiger partial charge is 0.481 e. The number of hydrogen-bond donors (Lipinski definition) is 2. The van der Waals surface area contributed by atoms with Crippen molar-refractivity contribution in [2.75, 3.05) is 0 Å². The highest BCUT2D eigenvalue weighted by molar-refractivity contribution is 7.16. The average molecular weight is 220 g/mol. The SMILES string of the molecule is CC(C(=O)O)C(N)c1ccc(Cl)s1. The van der Waals surface area contributed by atoms with Crippen LogP contribution in [0.2, 0.25) is 4.34 Å². The first-order chi connectivity index (χ1) is 6.02. The standard InChI is InChI=1S/C8H10ClNO2S/c1-4(8(11)12)7(10)5-2-3-6(9)13-5/h2-4,7H,10H2,1H3,(H,11,12).